The number of aryl methyl sites for hydroxylation is 1. The summed E-state index contributed by atoms with van der Waals surface area (Å²) in [4.78, 5) is 53.3. The molecule has 2 N–H and O–H groups in total. The molecule has 4 atom stereocenters. The van der Waals surface area contributed by atoms with Crippen LogP contribution in [0.1, 0.15) is 78.7 Å². The molecule has 1 aromatic rings. The first-order chi connectivity index (χ1) is 21.9. The van der Waals surface area contributed by atoms with E-state index in [9.17, 15) is 27.6 Å². The molecule has 0 bridgehead atoms. The number of methoxy groups -OCH3 is 1. The van der Waals surface area contributed by atoms with E-state index in [-0.39, 0.29) is 56.5 Å². The van der Waals surface area contributed by atoms with E-state index in [2.05, 4.69) is 5.32 Å². The van der Waals surface area contributed by atoms with Gasteiger partial charge in [0.25, 0.3) is 10.1 Å². The van der Waals surface area contributed by atoms with Crippen LogP contribution in [0.3, 0.4) is 0 Å². The van der Waals surface area contributed by atoms with Crippen molar-refractivity contribution < 1.29 is 55.8 Å². The van der Waals surface area contributed by atoms with Crippen molar-refractivity contribution in [3.63, 3.8) is 0 Å². The SMILES string of the molecule is CCC(C)(CC(CC(C)(CC(C)(C)C(=O)OCC1CO1)C(=O)OC)C(=O)OCCCCO)C(=O)NCOS(=O)(=O)c1ccc(C)cc1. The van der Waals surface area contributed by atoms with Crippen molar-refractivity contribution >= 4 is 33.9 Å². The molecule has 1 aromatic carbocycles. The molecule has 0 aromatic heterocycles. The van der Waals surface area contributed by atoms with E-state index in [1.807, 2.05) is 6.92 Å². The monoisotopic (exact) mass is 685 g/mol. The number of carbonyl (C=O) groups excluding carboxylic acids is 4. The number of carbonyl (C=O) groups is 4. The fraction of sp³-hybridized carbons (Fsp3) is 0.697. The Bertz CT molecular complexity index is 1330. The molecule has 4 unspecified atom stereocenters. The highest BCUT2D eigenvalue weighted by atomic mass is 32.2. The molecule has 47 heavy (non-hydrogen) atoms. The molecule has 1 saturated heterocycles. The molecule has 0 radical (unpaired) electrons. The second kappa shape index (κ2) is 17.4. The molecule has 13 nitrogen and oxygen atoms in total. The van der Waals surface area contributed by atoms with E-state index in [0.29, 0.717) is 19.4 Å². The van der Waals surface area contributed by atoms with Gasteiger partial charge in [0.2, 0.25) is 5.91 Å². The summed E-state index contributed by atoms with van der Waals surface area (Å²) < 4.78 is 51.5. The number of benzene rings is 1. The Balaban J connectivity index is 2.27. The molecule has 1 heterocycles. The lowest BCUT2D eigenvalue weighted by molar-refractivity contribution is -0.164. The maximum Gasteiger partial charge on any atom is 0.311 e. The molecule has 1 amide bonds. The summed E-state index contributed by atoms with van der Waals surface area (Å²) in [6.07, 6.45) is 0.694. The summed E-state index contributed by atoms with van der Waals surface area (Å²) in [5.41, 5.74) is -2.88. The van der Waals surface area contributed by atoms with Crippen molar-refractivity contribution in [3.8, 4) is 0 Å². The number of esters is 3. The van der Waals surface area contributed by atoms with Crippen LogP contribution in [0.25, 0.3) is 0 Å². The van der Waals surface area contributed by atoms with E-state index in [4.69, 9.17) is 28.2 Å². The minimum Gasteiger partial charge on any atom is -0.469 e. The van der Waals surface area contributed by atoms with Gasteiger partial charge in [-0.25, -0.2) is 4.18 Å². The summed E-state index contributed by atoms with van der Waals surface area (Å²) in [6, 6.07) is 6.06. The van der Waals surface area contributed by atoms with E-state index in [1.54, 1.807) is 46.8 Å². The van der Waals surface area contributed by atoms with Gasteiger partial charge in [-0.1, -0.05) is 31.5 Å². The molecule has 0 aliphatic carbocycles. The normalized spacial score (nSPS) is 17.8. The summed E-state index contributed by atoms with van der Waals surface area (Å²) in [5, 5.41) is 11.6. The van der Waals surface area contributed by atoms with E-state index in [1.165, 1.54) is 19.2 Å². The van der Waals surface area contributed by atoms with Crippen LogP contribution in [0.15, 0.2) is 29.2 Å². The molecular weight excluding hydrogens is 634 g/mol. The highest BCUT2D eigenvalue weighted by Crippen LogP contribution is 2.44. The van der Waals surface area contributed by atoms with Crippen molar-refractivity contribution in [2.45, 2.75) is 91.1 Å². The Morgan fingerprint density at radius 3 is 2.17 bits per heavy atom. The van der Waals surface area contributed by atoms with Crippen LogP contribution in [0.4, 0.5) is 0 Å². The third-order valence-electron chi connectivity index (χ3n) is 8.47. The summed E-state index contributed by atoms with van der Waals surface area (Å²) in [6.45, 7) is 9.97. The predicted octanol–water partition coefficient (Wildman–Crippen LogP) is 3.44. The van der Waals surface area contributed by atoms with Crippen molar-refractivity contribution in [1.29, 1.82) is 0 Å². The van der Waals surface area contributed by atoms with Crippen LogP contribution in [0.5, 0.6) is 0 Å². The summed E-state index contributed by atoms with van der Waals surface area (Å²) in [7, 11) is -2.93. The van der Waals surface area contributed by atoms with Crippen LogP contribution in [0, 0.1) is 29.1 Å². The van der Waals surface area contributed by atoms with Crippen LogP contribution in [-0.4, -0.2) is 83.7 Å². The van der Waals surface area contributed by atoms with E-state index in [0.717, 1.165) is 5.56 Å². The standard InChI is InChI=1S/C33H51NO12S/c1-8-32(5,28(37)34-22-46-47(40,41)26-13-11-23(2)12-14-26)17-24(27(36)43-16-10-9-15-35)18-33(6,30(39)42-7)21-31(3,4)29(38)45-20-25-19-44-25/h11-14,24-25,35H,8-10,15-22H2,1-7H3,(H,34,37). The van der Waals surface area contributed by atoms with Crippen molar-refractivity contribution in [3.05, 3.63) is 29.8 Å². The average molecular weight is 686 g/mol. The zero-order valence-corrected chi connectivity index (χ0v) is 29.4. The zero-order chi connectivity index (χ0) is 35.5. The van der Waals surface area contributed by atoms with Gasteiger partial charge >= 0.3 is 17.9 Å². The Kier molecular flexibility index (Phi) is 14.8. The Morgan fingerprint density at radius 1 is 1.00 bits per heavy atom. The fourth-order valence-electron chi connectivity index (χ4n) is 5.44. The first kappa shape index (κ1) is 40.1. The highest BCUT2D eigenvalue weighted by molar-refractivity contribution is 7.86. The molecule has 0 spiro atoms. The number of aliphatic hydroxyl groups is 1. The number of nitrogens with one attached hydrogen (secondary N) is 1. The molecule has 1 aliphatic heterocycles. The average Bonchev–Trinajstić information content (AvgIpc) is 3.85. The first-order valence-electron chi connectivity index (χ1n) is 15.8. The number of amides is 1. The highest BCUT2D eigenvalue weighted by Gasteiger charge is 2.48. The summed E-state index contributed by atoms with van der Waals surface area (Å²) in [5.74, 6) is -3.42. The second-order valence-corrected chi connectivity index (χ2v) is 14.9. The van der Waals surface area contributed by atoms with Gasteiger partial charge < -0.3 is 29.4 Å². The molecule has 14 heteroatoms. The van der Waals surface area contributed by atoms with Crippen molar-refractivity contribution in [2.75, 3.05) is 40.3 Å². The molecule has 1 aliphatic rings. The molecule has 266 valence electrons. The Morgan fingerprint density at radius 2 is 1.62 bits per heavy atom. The number of ether oxygens (including phenoxy) is 4. The molecule has 0 saturated carbocycles. The fourth-order valence-corrected chi connectivity index (χ4v) is 6.26. The minimum atomic E-state index is -4.15. The predicted molar refractivity (Wildman–Crippen MR) is 170 cm³/mol. The lowest BCUT2D eigenvalue weighted by Crippen LogP contribution is -2.45. The number of hydrogen-bond donors (Lipinski definition) is 2. The van der Waals surface area contributed by atoms with Gasteiger partial charge in [-0.05, 0) is 78.4 Å². The topological polar surface area (TPSA) is 184 Å². The van der Waals surface area contributed by atoms with Crippen LogP contribution in [-0.2, 0) is 52.4 Å². The van der Waals surface area contributed by atoms with Gasteiger partial charge in [0.15, 0.2) is 0 Å². The maximum atomic E-state index is 13.5. The number of hydrogen-bond acceptors (Lipinski definition) is 12. The van der Waals surface area contributed by atoms with Crippen LogP contribution < -0.4 is 5.32 Å². The van der Waals surface area contributed by atoms with Gasteiger partial charge in [0.05, 0.1) is 42.0 Å². The van der Waals surface area contributed by atoms with Crippen LogP contribution in [0.2, 0.25) is 0 Å². The van der Waals surface area contributed by atoms with Crippen molar-refractivity contribution in [2.24, 2.45) is 22.2 Å². The van der Waals surface area contributed by atoms with E-state index < -0.39 is 62.8 Å². The van der Waals surface area contributed by atoms with Gasteiger partial charge in [-0.15, -0.1) is 0 Å². The van der Waals surface area contributed by atoms with Gasteiger partial charge in [0.1, 0.15) is 19.4 Å². The largest absolute Gasteiger partial charge is 0.469 e. The quantitative estimate of drug-likeness (QED) is 0.0481. The smallest absolute Gasteiger partial charge is 0.311 e. The molecular formula is C33H51NO12S. The van der Waals surface area contributed by atoms with Gasteiger partial charge in [-0.2, -0.15) is 8.42 Å². The number of aliphatic hydroxyl groups excluding tert-OH is 1. The zero-order valence-electron chi connectivity index (χ0n) is 28.6. The minimum absolute atomic E-state index is 0.0195. The third-order valence-corrected chi connectivity index (χ3v) is 9.75. The lowest BCUT2D eigenvalue weighted by Gasteiger charge is -2.38. The number of unbranched alkanes of at least 4 members (excludes halogenated alkanes) is 1. The number of rotatable bonds is 21. The van der Waals surface area contributed by atoms with E-state index >= 15 is 0 Å². The third kappa shape index (κ3) is 12.2. The van der Waals surface area contributed by atoms with Crippen molar-refractivity contribution in [1.82, 2.24) is 5.32 Å². The van der Waals surface area contributed by atoms with Crippen LogP contribution >= 0.6 is 0 Å². The Hall–Kier alpha value is -3.07. The molecule has 2 rings (SSSR count). The van der Waals surface area contributed by atoms with Gasteiger partial charge in [-0.3, -0.25) is 19.2 Å². The van der Waals surface area contributed by atoms with Gasteiger partial charge in [0, 0.05) is 12.0 Å². The second-order valence-electron chi connectivity index (χ2n) is 13.3. The summed E-state index contributed by atoms with van der Waals surface area (Å²) >= 11 is 0. The Labute approximate surface area is 278 Å². The lowest BCUT2D eigenvalue weighted by atomic mass is 9.67. The maximum absolute atomic E-state index is 13.5. The first-order valence-corrected chi connectivity index (χ1v) is 17.2. The number of epoxide rings is 1. The molecule has 1 fully saturated rings.